The molecule has 1 aliphatic carbocycles. The summed E-state index contributed by atoms with van der Waals surface area (Å²) in [6, 6.07) is 6.57. The lowest BCUT2D eigenvalue weighted by Gasteiger charge is -2.41. The molecule has 1 aliphatic heterocycles. The number of rotatable bonds is 6. The number of Topliss-reactive ketones (excluding diaryl/α,β-unsaturated/α-hetero) is 1. The van der Waals surface area contributed by atoms with Crippen LogP contribution in [-0.2, 0) is 17.8 Å². The molecule has 2 heterocycles. The van der Waals surface area contributed by atoms with Crippen molar-refractivity contribution in [3.8, 4) is 0 Å². The molecular weight excluding hydrogens is 405 g/mol. The number of pyridine rings is 1. The zero-order valence-corrected chi connectivity index (χ0v) is 19.0. The first-order chi connectivity index (χ1) is 15.4. The van der Waals surface area contributed by atoms with Gasteiger partial charge in [-0.15, -0.1) is 0 Å². The molecule has 2 fully saturated rings. The van der Waals surface area contributed by atoms with E-state index >= 15 is 0 Å². The van der Waals surface area contributed by atoms with Crippen molar-refractivity contribution in [1.82, 2.24) is 14.8 Å². The highest BCUT2D eigenvalue weighted by Crippen LogP contribution is 2.28. The fourth-order valence-electron chi connectivity index (χ4n) is 5.11. The number of hydrogen-bond acceptors (Lipinski definition) is 4. The van der Waals surface area contributed by atoms with Crippen molar-refractivity contribution < 1.29 is 14.0 Å². The summed E-state index contributed by atoms with van der Waals surface area (Å²) in [4.78, 5) is 33.8. The summed E-state index contributed by atoms with van der Waals surface area (Å²) in [6.45, 7) is 6.97. The third kappa shape index (κ3) is 5.07. The second-order valence-corrected chi connectivity index (χ2v) is 9.28. The van der Waals surface area contributed by atoms with Crippen molar-refractivity contribution in [1.29, 1.82) is 0 Å². The first kappa shape index (κ1) is 22.6. The van der Waals surface area contributed by atoms with Gasteiger partial charge in [-0.3, -0.25) is 19.5 Å². The van der Waals surface area contributed by atoms with E-state index in [9.17, 15) is 14.0 Å². The largest absolute Gasteiger partial charge is 0.337 e. The van der Waals surface area contributed by atoms with Gasteiger partial charge in [0.1, 0.15) is 5.82 Å². The van der Waals surface area contributed by atoms with Gasteiger partial charge in [0.15, 0.2) is 5.78 Å². The predicted octanol–water partition coefficient (Wildman–Crippen LogP) is 4.18. The molecule has 1 amide bonds. The third-order valence-electron chi connectivity index (χ3n) is 7.03. The third-order valence-corrected chi connectivity index (χ3v) is 7.03. The predicted molar refractivity (Wildman–Crippen MR) is 122 cm³/mol. The standard InChI is InChI=1S/C26H32FN3O2/c1-18-16-29(11-12-30(18)26(32)21-5-3-4-6-21)17-23-14-24(27)13-22(19(23)2)15-25(31)20-7-9-28-10-8-20/h7-10,13-14,18,21H,3-6,11-12,15-17H2,1-2H3/t18-/m0/s1. The van der Waals surface area contributed by atoms with E-state index in [1.807, 2.05) is 11.8 Å². The maximum absolute atomic E-state index is 14.4. The zero-order chi connectivity index (χ0) is 22.7. The summed E-state index contributed by atoms with van der Waals surface area (Å²) in [5.74, 6) is 0.161. The van der Waals surface area contributed by atoms with E-state index in [0.29, 0.717) is 18.0 Å². The van der Waals surface area contributed by atoms with Crippen LogP contribution in [0, 0.1) is 18.7 Å². The van der Waals surface area contributed by atoms with Crippen LogP contribution in [-0.4, -0.2) is 52.2 Å². The fourth-order valence-corrected chi connectivity index (χ4v) is 5.11. The molecule has 0 unspecified atom stereocenters. The van der Waals surface area contributed by atoms with Crippen LogP contribution in [0.5, 0.6) is 0 Å². The Balaban J connectivity index is 1.42. The van der Waals surface area contributed by atoms with Crippen molar-refractivity contribution in [3.05, 3.63) is 64.7 Å². The van der Waals surface area contributed by atoms with Gasteiger partial charge in [0.2, 0.25) is 5.91 Å². The molecule has 6 heteroatoms. The van der Waals surface area contributed by atoms with Crippen molar-refractivity contribution >= 4 is 11.7 Å². The topological polar surface area (TPSA) is 53.5 Å². The summed E-state index contributed by atoms with van der Waals surface area (Å²) >= 11 is 0. The number of amides is 1. The normalized spacial score (nSPS) is 20.0. The lowest BCUT2D eigenvalue weighted by molar-refractivity contribution is -0.140. The number of carbonyl (C=O) groups excluding carboxylic acids is 2. The number of ketones is 1. The lowest BCUT2D eigenvalue weighted by atomic mass is 9.95. The minimum atomic E-state index is -0.314. The van der Waals surface area contributed by atoms with Crippen LogP contribution in [0.25, 0.3) is 0 Å². The molecule has 0 spiro atoms. The van der Waals surface area contributed by atoms with Crippen molar-refractivity contribution in [2.75, 3.05) is 19.6 Å². The number of nitrogens with zero attached hydrogens (tertiary/aromatic N) is 3. The molecule has 2 aliphatic rings. The van der Waals surface area contributed by atoms with Gasteiger partial charge >= 0.3 is 0 Å². The average Bonchev–Trinajstić information content (AvgIpc) is 3.32. The Morgan fingerprint density at radius 2 is 1.78 bits per heavy atom. The number of aromatic nitrogens is 1. The summed E-state index contributed by atoms with van der Waals surface area (Å²) < 4.78 is 14.4. The Morgan fingerprint density at radius 3 is 2.47 bits per heavy atom. The summed E-state index contributed by atoms with van der Waals surface area (Å²) in [6.07, 6.45) is 7.72. The van der Waals surface area contributed by atoms with Gasteiger partial charge in [-0.2, -0.15) is 0 Å². The Labute approximate surface area is 189 Å². The van der Waals surface area contributed by atoms with E-state index < -0.39 is 0 Å². The van der Waals surface area contributed by atoms with E-state index in [2.05, 4.69) is 16.8 Å². The van der Waals surface area contributed by atoms with E-state index in [0.717, 1.165) is 62.0 Å². The van der Waals surface area contributed by atoms with Gasteiger partial charge in [0.05, 0.1) is 0 Å². The van der Waals surface area contributed by atoms with Crippen LogP contribution < -0.4 is 0 Å². The van der Waals surface area contributed by atoms with E-state index in [4.69, 9.17) is 0 Å². The van der Waals surface area contributed by atoms with Gasteiger partial charge in [-0.05, 0) is 67.6 Å². The van der Waals surface area contributed by atoms with Crippen LogP contribution in [0.2, 0.25) is 0 Å². The smallest absolute Gasteiger partial charge is 0.226 e. The lowest BCUT2D eigenvalue weighted by Crippen LogP contribution is -2.54. The van der Waals surface area contributed by atoms with Crippen molar-refractivity contribution in [2.24, 2.45) is 5.92 Å². The molecule has 1 saturated heterocycles. The molecule has 1 atom stereocenters. The number of piperazine rings is 1. The van der Waals surface area contributed by atoms with E-state index in [-0.39, 0.29) is 30.0 Å². The second kappa shape index (κ2) is 9.90. The van der Waals surface area contributed by atoms with Crippen molar-refractivity contribution in [2.45, 2.75) is 58.5 Å². The van der Waals surface area contributed by atoms with Crippen molar-refractivity contribution in [3.63, 3.8) is 0 Å². The van der Waals surface area contributed by atoms with Gasteiger partial charge in [0.25, 0.3) is 0 Å². The highest BCUT2D eigenvalue weighted by Gasteiger charge is 2.33. The summed E-state index contributed by atoms with van der Waals surface area (Å²) in [5.41, 5.74) is 3.18. The number of halogens is 1. The molecule has 1 saturated carbocycles. The number of carbonyl (C=O) groups is 2. The molecular formula is C26H32FN3O2. The van der Waals surface area contributed by atoms with Gasteiger partial charge in [-0.25, -0.2) is 4.39 Å². The molecule has 0 radical (unpaired) electrons. The Kier molecular flexibility index (Phi) is 6.99. The molecule has 4 rings (SSSR count). The first-order valence-corrected chi connectivity index (χ1v) is 11.7. The first-order valence-electron chi connectivity index (χ1n) is 11.7. The molecule has 0 bridgehead atoms. The monoisotopic (exact) mass is 437 g/mol. The highest BCUT2D eigenvalue weighted by molar-refractivity contribution is 5.97. The van der Waals surface area contributed by atoms with Gasteiger partial charge < -0.3 is 4.90 Å². The maximum Gasteiger partial charge on any atom is 0.226 e. The van der Waals surface area contributed by atoms with Crippen LogP contribution in [0.3, 0.4) is 0 Å². The number of hydrogen-bond donors (Lipinski definition) is 0. The molecule has 5 nitrogen and oxygen atoms in total. The Morgan fingerprint density at radius 1 is 1.09 bits per heavy atom. The average molecular weight is 438 g/mol. The SMILES string of the molecule is Cc1c(CC(=O)c2ccncc2)cc(F)cc1CN1CCN(C(=O)C2CCCC2)[C@@H](C)C1. The van der Waals surface area contributed by atoms with Crippen LogP contribution in [0.1, 0.15) is 59.7 Å². The molecule has 32 heavy (non-hydrogen) atoms. The molecule has 1 aromatic heterocycles. The molecule has 2 aromatic rings. The van der Waals surface area contributed by atoms with Crippen LogP contribution in [0.15, 0.2) is 36.7 Å². The second-order valence-electron chi connectivity index (χ2n) is 9.28. The molecule has 0 N–H and O–H groups in total. The van der Waals surface area contributed by atoms with Gasteiger partial charge in [-0.1, -0.05) is 12.8 Å². The Hall–Kier alpha value is -2.60. The molecule has 170 valence electrons. The minimum absolute atomic E-state index is 0.0419. The van der Waals surface area contributed by atoms with Gasteiger partial charge in [0, 0.05) is 62.5 Å². The summed E-state index contributed by atoms with van der Waals surface area (Å²) in [5, 5.41) is 0. The maximum atomic E-state index is 14.4. The molecule has 1 aromatic carbocycles. The van der Waals surface area contributed by atoms with Crippen LogP contribution in [0.4, 0.5) is 4.39 Å². The van der Waals surface area contributed by atoms with E-state index in [1.165, 1.54) is 6.07 Å². The fraction of sp³-hybridized carbons (Fsp3) is 0.500. The van der Waals surface area contributed by atoms with E-state index in [1.54, 1.807) is 30.6 Å². The Bertz CT molecular complexity index is 973. The zero-order valence-electron chi connectivity index (χ0n) is 19.0. The quantitative estimate of drug-likeness (QED) is 0.637. The summed E-state index contributed by atoms with van der Waals surface area (Å²) in [7, 11) is 0. The number of benzene rings is 1. The van der Waals surface area contributed by atoms with Crippen LogP contribution >= 0.6 is 0 Å². The highest BCUT2D eigenvalue weighted by atomic mass is 19.1. The minimum Gasteiger partial charge on any atom is -0.337 e.